The third-order valence-corrected chi connectivity index (χ3v) is 0. The van der Waals surface area contributed by atoms with Crippen LogP contribution in [0.1, 0.15) is 0 Å². The molecule has 7 heteroatoms. The van der Waals surface area contributed by atoms with Crippen molar-refractivity contribution in [2.24, 2.45) is 0 Å². The molecule has 1 unspecified atom stereocenters. The maximum absolute atomic E-state index is 8.17. The molecule has 0 saturated carbocycles. The van der Waals surface area contributed by atoms with E-state index in [1.54, 1.807) is 10.1 Å². The molecule has 1 atom stereocenters. The normalized spacial score (nSPS) is 1.43. The van der Waals surface area contributed by atoms with Crippen molar-refractivity contribution in [1.29, 1.82) is 0 Å². The van der Waals surface area contributed by atoms with Crippen LogP contribution in [0, 0.1) is 0 Å². The fourth-order valence-corrected chi connectivity index (χ4v) is 0. The van der Waals surface area contributed by atoms with Crippen LogP contribution in [0.25, 0.3) is 0 Å². The molecule has 0 aliphatic carbocycles. The molecule has 2 radical (unpaired) electrons. The molecule has 0 aromatic carbocycles. The zero-order valence-electron chi connectivity index (χ0n) is 3.33. The molecule has 7 heavy (non-hydrogen) atoms. The molecule has 0 aliphatic heterocycles. The number of hydrogen-bond acceptors (Lipinski definition) is 2. The topological polar surface area (TPSA) is 62.6 Å². The molecular formula is H2AlBiO3PSi+7. The maximum atomic E-state index is 8.17. The summed E-state index contributed by atoms with van der Waals surface area (Å²) in [7, 11) is 2.89. The first-order chi connectivity index (χ1) is 2.00. The van der Waals surface area contributed by atoms with Crippen LogP contribution >= 0.6 is 9.12 Å². The van der Waals surface area contributed by atoms with Gasteiger partial charge in [0.15, 0.2) is 0 Å². The summed E-state index contributed by atoms with van der Waals surface area (Å²) < 4.78 is 16.2. The Morgan fingerprint density at radius 2 is 1.14 bits per heavy atom. The van der Waals surface area contributed by atoms with Gasteiger partial charge in [-0.3, -0.25) is 0 Å². The van der Waals surface area contributed by atoms with E-state index in [2.05, 4.69) is 0 Å². The first kappa shape index (κ1) is 39.1. The Morgan fingerprint density at radius 1 is 1.14 bits per heavy atom. The fourth-order valence-electron chi connectivity index (χ4n) is 0. The van der Waals surface area contributed by atoms with Crippen molar-refractivity contribution in [2.75, 3.05) is 0 Å². The van der Waals surface area contributed by atoms with Crippen molar-refractivity contribution in [2.45, 2.75) is 0 Å². The van der Waals surface area contributed by atoms with Crippen LogP contribution in [0.2, 0.25) is 0 Å². The minimum absolute atomic E-state index is 0. The second kappa shape index (κ2) is 142. The molecule has 0 aromatic rings. The number of hydrogen-bond donors (Lipinski definition) is 0. The smallest absolute Gasteiger partial charge is 2.00 e. The first-order valence-corrected chi connectivity index (χ1v) is 1.32. The second-order valence-electron chi connectivity index (χ2n) is 0. The summed E-state index contributed by atoms with van der Waals surface area (Å²) >= 11 is 0. The van der Waals surface area contributed by atoms with E-state index in [1.807, 2.05) is 0 Å². The first-order valence-electron chi connectivity index (χ1n) is 0.440. The van der Waals surface area contributed by atoms with Crippen LogP contribution in [-0.4, -0.2) is 53.7 Å². The molecule has 0 amide bonds. The van der Waals surface area contributed by atoms with Crippen LogP contribution in [0.5, 0.6) is 0 Å². The zero-order valence-corrected chi connectivity index (χ0v) is 10.1. The molecule has 30 valence electrons. The van der Waals surface area contributed by atoms with Gasteiger partial charge in [0.2, 0.25) is 0 Å². The van der Waals surface area contributed by atoms with E-state index >= 15 is 0 Å². The van der Waals surface area contributed by atoms with Gasteiger partial charge in [-0.1, -0.05) is 4.57 Å². The third kappa shape index (κ3) is 101. The third-order valence-electron chi connectivity index (χ3n) is 0. The largest absolute Gasteiger partial charge is 3.00 e. The predicted molar refractivity (Wildman–Crippen MR) is 29.0 cm³/mol. The molecule has 0 aliphatic rings. The quantitative estimate of drug-likeness (QED) is 0.410. The summed E-state index contributed by atoms with van der Waals surface area (Å²) in [6, 6.07) is 0. The van der Waals surface area contributed by atoms with E-state index in [1.165, 1.54) is 9.12 Å². The van der Waals surface area contributed by atoms with Crippen molar-refractivity contribution in [3.63, 3.8) is 0 Å². The van der Waals surface area contributed by atoms with E-state index in [-0.39, 0.29) is 49.0 Å². The molecule has 3 nitrogen and oxygen atoms in total. The molecule has 0 saturated heterocycles. The van der Waals surface area contributed by atoms with Crippen molar-refractivity contribution >= 4 is 62.8 Å². The molecule has 0 bridgehead atoms. The SMILES string of the molecule is O=[PH2+].O=[Si+2].[Al+3].[Bi+3].[O-2]. The van der Waals surface area contributed by atoms with Gasteiger partial charge < -0.3 is 5.48 Å². The average molecular weight is 345 g/mol. The van der Waals surface area contributed by atoms with Crippen LogP contribution in [0.15, 0.2) is 0 Å². The van der Waals surface area contributed by atoms with Gasteiger partial charge in [-0.05, 0) is 0 Å². The minimum atomic E-state index is 0. The van der Waals surface area contributed by atoms with Gasteiger partial charge >= 0.3 is 67.3 Å². The van der Waals surface area contributed by atoms with E-state index in [0.717, 1.165) is 0 Å². The van der Waals surface area contributed by atoms with Crippen LogP contribution in [-0.2, 0) is 14.5 Å². The zero-order chi connectivity index (χ0) is 4.00. The van der Waals surface area contributed by atoms with E-state index in [0.29, 0.717) is 0 Å². The molecule has 0 spiro atoms. The Morgan fingerprint density at radius 3 is 1.14 bits per heavy atom. The van der Waals surface area contributed by atoms with Gasteiger partial charge in [0, 0.05) is 0 Å². The van der Waals surface area contributed by atoms with Gasteiger partial charge in [-0.2, -0.15) is 0 Å². The molecule has 0 rings (SSSR count). The summed E-state index contributed by atoms with van der Waals surface area (Å²) in [6.45, 7) is 0. The van der Waals surface area contributed by atoms with Gasteiger partial charge in [0.05, 0.1) is 0 Å². The summed E-state index contributed by atoms with van der Waals surface area (Å²) in [5.74, 6) is 0. The second-order valence-corrected chi connectivity index (χ2v) is 0. The Kier molecular flexibility index (Phi) is 792. The summed E-state index contributed by atoms with van der Waals surface area (Å²) in [5.41, 5.74) is 0. The van der Waals surface area contributed by atoms with Gasteiger partial charge in [0.25, 0.3) is 0 Å². The molecule has 0 aromatic heterocycles. The Bertz CT molecular complexity index is 16.9. The van der Waals surface area contributed by atoms with Crippen molar-refractivity contribution in [1.82, 2.24) is 0 Å². The monoisotopic (exact) mass is 345 g/mol. The van der Waals surface area contributed by atoms with Crippen molar-refractivity contribution in [3.05, 3.63) is 0 Å². The van der Waals surface area contributed by atoms with Crippen LogP contribution in [0.3, 0.4) is 0 Å². The van der Waals surface area contributed by atoms with Crippen LogP contribution < -0.4 is 0 Å². The average Bonchev–Trinajstić information content (AvgIpc) is 1.50. The maximum Gasteiger partial charge on any atom is 3.00 e. The molecule has 0 fully saturated rings. The summed E-state index contributed by atoms with van der Waals surface area (Å²) in [4.78, 5) is 0. The Labute approximate surface area is 76.9 Å². The molecular weight excluding hydrogens is 343 g/mol. The van der Waals surface area contributed by atoms with Crippen molar-refractivity contribution in [3.8, 4) is 0 Å². The fraction of sp³-hybridized carbons (Fsp3) is 0. The van der Waals surface area contributed by atoms with Crippen LogP contribution in [0.4, 0.5) is 0 Å². The van der Waals surface area contributed by atoms with E-state index in [4.69, 9.17) is 9.03 Å². The molecule has 0 heterocycles. The molecule has 0 N–H and O–H groups in total. The van der Waals surface area contributed by atoms with Gasteiger partial charge in [0.1, 0.15) is 0 Å². The minimum Gasteiger partial charge on any atom is -2.00 e. The van der Waals surface area contributed by atoms with E-state index < -0.39 is 0 Å². The van der Waals surface area contributed by atoms with E-state index in [9.17, 15) is 0 Å². The number of rotatable bonds is 0. The summed E-state index contributed by atoms with van der Waals surface area (Å²) in [6.07, 6.45) is 0. The van der Waals surface area contributed by atoms with Gasteiger partial charge in [-0.15, -0.1) is 0 Å². The van der Waals surface area contributed by atoms with Gasteiger partial charge in [-0.25, -0.2) is 0 Å². The Hall–Kier alpha value is 1.49. The van der Waals surface area contributed by atoms with Crippen molar-refractivity contribution < 1.29 is 14.5 Å². The standard InChI is InChI=1S/Al.Bi.H2OP.OSi.O/c;;2*1-2;/h;;2H2;;/q2*+3;+1;+2;-2. The Balaban J connectivity index is -0.00000000267. The summed E-state index contributed by atoms with van der Waals surface area (Å²) in [5, 5.41) is 0. The predicted octanol–water partition coefficient (Wildman–Crippen LogP) is -1.17.